The third-order valence-electron chi connectivity index (χ3n) is 3.44. The molecule has 0 saturated carbocycles. The van der Waals surface area contributed by atoms with Crippen molar-refractivity contribution in [2.75, 3.05) is 32.4 Å². The Morgan fingerprint density at radius 2 is 2.19 bits per heavy atom. The lowest BCUT2D eigenvalue weighted by Gasteiger charge is -2.18. The number of hydrogen-bond acceptors (Lipinski definition) is 6. The fraction of sp³-hybridized carbons (Fsp3) is 0.400. The van der Waals surface area contributed by atoms with Gasteiger partial charge in [0, 0.05) is 25.3 Å². The van der Waals surface area contributed by atoms with Crippen molar-refractivity contribution in [1.29, 1.82) is 0 Å². The first-order valence-corrected chi connectivity index (χ1v) is 6.86. The van der Waals surface area contributed by atoms with Crippen molar-refractivity contribution in [2.45, 2.75) is 12.5 Å². The van der Waals surface area contributed by atoms with Crippen molar-refractivity contribution >= 4 is 16.6 Å². The van der Waals surface area contributed by atoms with E-state index in [1.165, 1.54) is 0 Å². The Hall–Kier alpha value is -2.05. The maximum atomic E-state index is 9.13. The number of hydrogen-bond donors (Lipinski definition) is 2. The highest BCUT2D eigenvalue weighted by Crippen LogP contribution is 2.37. The van der Waals surface area contributed by atoms with Crippen LogP contribution in [0.15, 0.2) is 24.4 Å². The van der Waals surface area contributed by atoms with E-state index in [1.807, 2.05) is 18.2 Å². The van der Waals surface area contributed by atoms with Crippen molar-refractivity contribution in [3.05, 3.63) is 24.4 Å². The van der Waals surface area contributed by atoms with Crippen LogP contribution in [0.25, 0.3) is 10.8 Å². The Balaban J connectivity index is 1.94. The van der Waals surface area contributed by atoms with Crippen LogP contribution in [-0.4, -0.2) is 43.2 Å². The average Bonchev–Trinajstić information content (AvgIpc) is 2.93. The van der Waals surface area contributed by atoms with Gasteiger partial charge in [-0.2, -0.15) is 0 Å². The van der Waals surface area contributed by atoms with Crippen molar-refractivity contribution in [3.8, 4) is 11.5 Å². The molecule has 0 amide bonds. The molecule has 1 atom stereocenters. The highest BCUT2D eigenvalue weighted by atomic mass is 16.7. The van der Waals surface area contributed by atoms with Gasteiger partial charge in [-0.3, -0.25) is 0 Å². The van der Waals surface area contributed by atoms with E-state index in [0.29, 0.717) is 13.0 Å². The molecule has 1 aromatic carbocycles. The molecule has 0 fully saturated rings. The molecule has 2 aromatic rings. The van der Waals surface area contributed by atoms with Crippen LogP contribution in [0.5, 0.6) is 11.5 Å². The number of benzene rings is 1. The van der Waals surface area contributed by atoms with E-state index >= 15 is 0 Å². The minimum atomic E-state index is 0.00326. The van der Waals surface area contributed by atoms with Gasteiger partial charge in [0.15, 0.2) is 11.5 Å². The second-order valence-corrected chi connectivity index (χ2v) is 4.90. The second kappa shape index (κ2) is 6.15. The minimum absolute atomic E-state index is 0.00326. The summed E-state index contributed by atoms with van der Waals surface area (Å²) in [7, 11) is 1.64. The fourth-order valence-corrected chi connectivity index (χ4v) is 2.42. The van der Waals surface area contributed by atoms with E-state index in [4.69, 9.17) is 19.3 Å². The van der Waals surface area contributed by atoms with Gasteiger partial charge in [0.1, 0.15) is 5.82 Å². The lowest BCUT2D eigenvalue weighted by molar-refractivity contribution is 0.170. The number of methoxy groups -OCH3 is 1. The number of anilines is 1. The van der Waals surface area contributed by atoms with Gasteiger partial charge in [-0.1, -0.05) is 0 Å². The minimum Gasteiger partial charge on any atom is -0.454 e. The topological polar surface area (TPSA) is 72.8 Å². The lowest BCUT2D eigenvalue weighted by Crippen LogP contribution is -2.26. The predicted octanol–water partition coefficient (Wildman–Crippen LogP) is 1.77. The zero-order valence-electron chi connectivity index (χ0n) is 11.8. The summed E-state index contributed by atoms with van der Waals surface area (Å²) in [5.41, 5.74) is 0. The molecule has 21 heavy (non-hydrogen) atoms. The molecule has 1 aliphatic heterocycles. The summed E-state index contributed by atoms with van der Waals surface area (Å²) in [5.74, 6) is 2.23. The molecule has 1 aliphatic rings. The molecule has 1 aromatic heterocycles. The molecular formula is C15H18N2O4. The van der Waals surface area contributed by atoms with Crippen LogP contribution < -0.4 is 14.8 Å². The fourth-order valence-electron chi connectivity index (χ4n) is 2.42. The first-order valence-electron chi connectivity index (χ1n) is 6.86. The summed E-state index contributed by atoms with van der Waals surface area (Å²) in [6.45, 7) is 0.847. The first-order chi connectivity index (χ1) is 10.3. The highest BCUT2D eigenvalue weighted by molar-refractivity contribution is 5.94. The molecule has 3 rings (SSSR count). The van der Waals surface area contributed by atoms with Crippen molar-refractivity contribution in [3.63, 3.8) is 0 Å². The van der Waals surface area contributed by atoms with Crippen LogP contribution >= 0.6 is 0 Å². The number of ether oxygens (including phenoxy) is 3. The van der Waals surface area contributed by atoms with E-state index < -0.39 is 0 Å². The Morgan fingerprint density at radius 1 is 1.38 bits per heavy atom. The van der Waals surface area contributed by atoms with Gasteiger partial charge in [0.2, 0.25) is 6.79 Å². The Morgan fingerprint density at radius 3 is 2.95 bits per heavy atom. The lowest BCUT2D eigenvalue weighted by atomic mass is 10.1. The average molecular weight is 290 g/mol. The highest BCUT2D eigenvalue weighted by Gasteiger charge is 2.17. The molecule has 2 N–H and O–H groups in total. The maximum absolute atomic E-state index is 9.13. The third-order valence-corrected chi connectivity index (χ3v) is 3.44. The zero-order valence-corrected chi connectivity index (χ0v) is 11.8. The van der Waals surface area contributed by atoms with E-state index in [1.54, 1.807) is 13.3 Å². The van der Waals surface area contributed by atoms with E-state index in [-0.39, 0.29) is 19.4 Å². The number of nitrogens with zero attached hydrogens (tertiary/aromatic N) is 1. The van der Waals surface area contributed by atoms with Crippen LogP contribution in [0.4, 0.5) is 5.82 Å². The smallest absolute Gasteiger partial charge is 0.231 e. The second-order valence-electron chi connectivity index (χ2n) is 4.90. The largest absolute Gasteiger partial charge is 0.454 e. The normalized spacial score (nSPS) is 14.4. The predicted molar refractivity (Wildman–Crippen MR) is 78.9 cm³/mol. The monoisotopic (exact) mass is 290 g/mol. The quantitative estimate of drug-likeness (QED) is 0.845. The zero-order chi connectivity index (χ0) is 14.7. The number of pyridine rings is 1. The SMILES string of the molecule is COCC(CCO)Nc1nccc2cc3c(cc12)OCO3. The molecule has 0 radical (unpaired) electrons. The van der Waals surface area contributed by atoms with E-state index in [9.17, 15) is 0 Å². The molecule has 6 nitrogen and oxygen atoms in total. The Labute approximate surface area is 122 Å². The van der Waals surface area contributed by atoms with Gasteiger partial charge in [-0.05, 0) is 30.0 Å². The van der Waals surface area contributed by atoms with Gasteiger partial charge in [0.05, 0.1) is 12.6 Å². The number of fused-ring (bicyclic) bond motifs is 2. The van der Waals surface area contributed by atoms with Gasteiger partial charge in [0.25, 0.3) is 0 Å². The summed E-state index contributed by atoms with van der Waals surface area (Å²) in [6.07, 6.45) is 2.34. The maximum Gasteiger partial charge on any atom is 0.231 e. The standard InChI is InChI=1S/C15H18N2O4/c1-19-8-11(3-5-18)17-15-12-7-14-13(20-9-21-14)6-10(12)2-4-16-15/h2,4,6-7,11,18H,3,5,8-9H2,1H3,(H,16,17). The van der Waals surface area contributed by atoms with Crippen LogP contribution in [0, 0.1) is 0 Å². The summed E-state index contributed by atoms with van der Waals surface area (Å²) >= 11 is 0. The van der Waals surface area contributed by atoms with Gasteiger partial charge in [-0.15, -0.1) is 0 Å². The van der Waals surface area contributed by atoms with Crippen molar-refractivity contribution < 1.29 is 19.3 Å². The molecule has 0 saturated heterocycles. The van der Waals surface area contributed by atoms with Crippen LogP contribution in [0.2, 0.25) is 0 Å². The number of aromatic nitrogens is 1. The van der Waals surface area contributed by atoms with Gasteiger partial charge >= 0.3 is 0 Å². The van der Waals surface area contributed by atoms with Gasteiger partial charge in [-0.25, -0.2) is 4.98 Å². The summed E-state index contributed by atoms with van der Waals surface area (Å²) in [5, 5.41) is 14.4. The van der Waals surface area contributed by atoms with Crippen LogP contribution in [-0.2, 0) is 4.74 Å². The van der Waals surface area contributed by atoms with E-state index in [0.717, 1.165) is 28.1 Å². The van der Waals surface area contributed by atoms with Crippen LogP contribution in [0.3, 0.4) is 0 Å². The molecule has 2 heterocycles. The van der Waals surface area contributed by atoms with Crippen molar-refractivity contribution in [2.24, 2.45) is 0 Å². The first kappa shape index (κ1) is 13.9. The molecule has 6 heteroatoms. The van der Waals surface area contributed by atoms with Crippen molar-refractivity contribution in [1.82, 2.24) is 4.98 Å². The third kappa shape index (κ3) is 2.86. The molecule has 112 valence electrons. The molecule has 0 bridgehead atoms. The molecular weight excluding hydrogens is 272 g/mol. The van der Waals surface area contributed by atoms with Gasteiger partial charge < -0.3 is 24.6 Å². The summed E-state index contributed by atoms with van der Waals surface area (Å²) in [6, 6.07) is 5.81. The Kier molecular flexibility index (Phi) is 4.08. The molecule has 0 aliphatic carbocycles. The number of aliphatic hydroxyl groups is 1. The summed E-state index contributed by atoms with van der Waals surface area (Å²) in [4.78, 5) is 4.39. The molecule has 0 spiro atoms. The number of rotatable bonds is 6. The number of nitrogens with one attached hydrogen (secondary N) is 1. The molecule has 1 unspecified atom stereocenters. The van der Waals surface area contributed by atoms with E-state index in [2.05, 4.69) is 10.3 Å². The number of aliphatic hydroxyl groups excluding tert-OH is 1. The summed E-state index contributed by atoms with van der Waals surface area (Å²) < 4.78 is 16.0. The Bertz CT molecular complexity index is 626. The van der Waals surface area contributed by atoms with Crippen LogP contribution in [0.1, 0.15) is 6.42 Å².